The van der Waals surface area contributed by atoms with Crippen LogP contribution in [0, 0.1) is 0 Å². The molecule has 0 aromatic heterocycles. The summed E-state index contributed by atoms with van der Waals surface area (Å²) in [4.78, 5) is 0. The SMILES string of the molecule is [CH3][Zr]([CH3])([O]c1ccccc1)[O]c1ccccc1. The molecule has 2 rings (SSSR count). The predicted molar refractivity (Wildman–Crippen MR) is 65.9 cm³/mol. The van der Waals surface area contributed by atoms with Gasteiger partial charge >= 0.3 is 108 Å². The van der Waals surface area contributed by atoms with Crippen molar-refractivity contribution in [1.82, 2.24) is 0 Å². The number of para-hydroxylation sites is 2. The third kappa shape index (κ3) is 4.01. The van der Waals surface area contributed by atoms with Crippen LogP contribution in [0.1, 0.15) is 0 Å². The quantitative estimate of drug-likeness (QED) is 0.842. The summed E-state index contributed by atoms with van der Waals surface area (Å²) in [6.45, 7) is 0. The molecule has 0 radical (unpaired) electrons. The zero-order valence-corrected chi connectivity index (χ0v) is 12.5. The van der Waals surface area contributed by atoms with E-state index in [1.807, 2.05) is 60.7 Å². The Morgan fingerprint density at radius 3 is 1.35 bits per heavy atom. The van der Waals surface area contributed by atoms with E-state index < -0.39 is 21.1 Å². The molecule has 0 aliphatic rings. The summed E-state index contributed by atoms with van der Waals surface area (Å²) >= 11 is -2.95. The Bertz CT molecular complexity index is 411. The van der Waals surface area contributed by atoms with Gasteiger partial charge in [-0.2, -0.15) is 0 Å². The minimum absolute atomic E-state index is 0.893. The van der Waals surface area contributed by atoms with E-state index in [9.17, 15) is 0 Å². The maximum atomic E-state index is 5.99. The molecule has 88 valence electrons. The molecule has 0 fully saturated rings. The molecule has 2 aromatic rings. The van der Waals surface area contributed by atoms with Gasteiger partial charge in [0.25, 0.3) is 0 Å². The van der Waals surface area contributed by atoms with E-state index in [1.54, 1.807) is 0 Å². The molecule has 0 heterocycles. The van der Waals surface area contributed by atoms with Crippen LogP contribution >= 0.6 is 0 Å². The molecule has 0 unspecified atom stereocenters. The summed E-state index contributed by atoms with van der Waals surface area (Å²) in [7, 11) is 0. The fourth-order valence-electron chi connectivity index (χ4n) is 1.57. The minimum atomic E-state index is -2.95. The van der Waals surface area contributed by atoms with Crippen LogP contribution in [0.15, 0.2) is 60.7 Å². The molecule has 0 aliphatic carbocycles. The fourth-order valence-corrected chi connectivity index (χ4v) is 5.13. The second-order valence-corrected chi connectivity index (χ2v) is 12.1. The molecule has 0 N–H and O–H groups in total. The summed E-state index contributed by atoms with van der Waals surface area (Å²) in [5.41, 5.74) is 0. The Labute approximate surface area is 108 Å². The average Bonchev–Trinajstić information content (AvgIpc) is 2.30. The first-order valence-electron chi connectivity index (χ1n) is 5.64. The van der Waals surface area contributed by atoms with Gasteiger partial charge in [-0.1, -0.05) is 0 Å². The molecule has 0 saturated carbocycles. The maximum absolute atomic E-state index is 5.99. The Balaban J connectivity index is 2.04. The van der Waals surface area contributed by atoms with E-state index in [-0.39, 0.29) is 0 Å². The van der Waals surface area contributed by atoms with Crippen molar-refractivity contribution in [1.29, 1.82) is 0 Å². The molecule has 2 nitrogen and oxygen atoms in total. The van der Waals surface area contributed by atoms with Crippen LogP contribution in [0.25, 0.3) is 0 Å². The molecule has 17 heavy (non-hydrogen) atoms. The molecular weight excluding hydrogens is 291 g/mol. The number of benzene rings is 2. The summed E-state index contributed by atoms with van der Waals surface area (Å²) in [6, 6.07) is 19.7. The first-order chi connectivity index (χ1) is 8.16. The van der Waals surface area contributed by atoms with E-state index in [0.717, 1.165) is 11.5 Å². The molecule has 0 saturated heterocycles. The molecule has 0 amide bonds. The summed E-state index contributed by atoms with van der Waals surface area (Å²) in [5, 5.41) is 0. The van der Waals surface area contributed by atoms with E-state index >= 15 is 0 Å². The standard InChI is InChI=1S/2C6H6O.2CH3.Zr/c2*7-6-4-2-1-3-5-6;;;/h2*1-5,7H;2*1H3;/q;;;;+2/p-2. The second kappa shape index (κ2) is 5.51. The predicted octanol–water partition coefficient (Wildman–Crippen LogP) is 4.22. The van der Waals surface area contributed by atoms with Crippen molar-refractivity contribution < 1.29 is 26.8 Å². The van der Waals surface area contributed by atoms with Crippen molar-refractivity contribution in [3.63, 3.8) is 0 Å². The molecule has 0 bridgehead atoms. The molecule has 2 aromatic carbocycles. The van der Waals surface area contributed by atoms with Gasteiger partial charge in [0.1, 0.15) is 0 Å². The normalized spacial score (nSPS) is 10.9. The van der Waals surface area contributed by atoms with Gasteiger partial charge in [0, 0.05) is 0 Å². The Kier molecular flexibility index (Phi) is 4.01. The van der Waals surface area contributed by atoms with Crippen molar-refractivity contribution in [2.75, 3.05) is 0 Å². The second-order valence-electron chi connectivity index (χ2n) is 4.23. The van der Waals surface area contributed by atoms with Gasteiger partial charge in [0.15, 0.2) is 0 Å². The van der Waals surface area contributed by atoms with Gasteiger partial charge < -0.3 is 0 Å². The van der Waals surface area contributed by atoms with Gasteiger partial charge in [-0.3, -0.25) is 0 Å². The number of rotatable bonds is 4. The van der Waals surface area contributed by atoms with Crippen LogP contribution in [0.2, 0.25) is 9.26 Å². The van der Waals surface area contributed by atoms with Crippen LogP contribution in [0.3, 0.4) is 0 Å². The van der Waals surface area contributed by atoms with E-state index in [1.165, 1.54) is 0 Å². The van der Waals surface area contributed by atoms with Crippen molar-refractivity contribution in [2.24, 2.45) is 0 Å². The van der Waals surface area contributed by atoms with Crippen molar-refractivity contribution >= 4 is 0 Å². The summed E-state index contributed by atoms with van der Waals surface area (Å²) in [5.74, 6) is 1.79. The molecular formula is C14H16O2Zr. The van der Waals surface area contributed by atoms with E-state index in [0.29, 0.717) is 0 Å². The van der Waals surface area contributed by atoms with Crippen LogP contribution < -0.4 is 5.63 Å². The number of hydrogen-bond donors (Lipinski definition) is 0. The van der Waals surface area contributed by atoms with Crippen molar-refractivity contribution in [2.45, 2.75) is 9.26 Å². The van der Waals surface area contributed by atoms with Crippen LogP contribution in [-0.4, -0.2) is 0 Å². The molecule has 0 atom stereocenters. The Hall–Kier alpha value is -1.08. The van der Waals surface area contributed by atoms with Gasteiger partial charge in [-0.15, -0.1) is 0 Å². The fraction of sp³-hybridized carbons (Fsp3) is 0.143. The van der Waals surface area contributed by atoms with Crippen LogP contribution in [-0.2, 0) is 21.1 Å². The van der Waals surface area contributed by atoms with Crippen molar-refractivity contribution in [3.8, 4) is 11.5 Å². The molecule has 3 heteroatoms. The van der Waals surface area contributed by atoms with Crippen molar-refractivity contribution in [3.05, 3.63) is 60.7 Å². The Morgan fingerprint density at radius 2 is 1.00 bits per heavy atom. The monoisotopic (exact) mass is 306 g/mol. The Morgan fingerprint density at radius 1 is 0.647 bits per heavy atom. The first-order valence-corrected chi connectivity index (χ1v) is 12.6. The van der Waals surface area contributed by atoms with Gasteiger partial charge in [0.05, 0.1) is 0 Å². The first kappa shape index (κ1) is 12.4. The third-order valence-electron chi connectivity index (χ3n) is 2.21. The van der Waals surface area contributed by atoms with Gasteiger partial charge in [-0.25, -0.2) is 0 Å². The molecule has 0 aliphatic heterocycles. The third-order valence-corrected chi connectivity index (χ3v) is 5.79. The number of hydrogen-bond acceptors (Lipinski definition) is 2. The summed E-state index contributed by atoms with van der Waals surface area (Å²) in [6.07, 6.45) is 0. The zero-order valence-electron chi connectivity index (χ0n) is 10.1. The topological polar surface area (TPSA) is 18.5 Å². The van der Waals surface area contributed by atoms with E-state index in [2.05, 4.69) is 9.26 Å². The molecule has 0 spiro atoms. The van der Waals surface area contributed by atoms with Crippen LogP contribution in [0.4, 0.5) is 0 Å². The van der Waals surface area contributed by atoms with Gasteiger partial charge in [0.2, 0.25) is 0 Å². The van der Waals surface area contributed by atoms with E-state index in [4.69, 9.17) is 5.63 Å². The zero-order chi connectivity index (χ0) is 12.1. The van der Waals surface area contributed by atoms with Crippen LogP contribution in [0.5, 0.6) is 11.5 Å². The summed E-state index contributed by atoms with van der Waals surface area (Å²) < 4.78 is 16.2. The van der Waals surface area contributed by atoms with Gasteiger partial charge in [-0.05, 0) is 0 Å². The average molecular weight is 308 g/mol.